The van der Waals surface area contributed by atoms with Gasteiger partial charge in [0.1, 0.15) is 0 Å². The maximum atomic E-state index is 12.7. The lowest BCUT2D eigenvalue weighted by Gasteiger charge is -2.32. The quantitative estimate of drug-likeness (QED) is 0.777. The highest BCUT2D eigenvalue weighted by atomic mass is 32.1. The monoisotopic (exact) mass is 417 g/mol. The fraction of sp³-hybridized carbons (Fsp3) is 0.667. The molecule has 0 radical (unpaired) electrons. The van der Waals surface area contributed by atoms with Crippen LogP contribution in [0.2, 0.25) is 0 Å². The van der Waals surface area contributed by atoms with Crippen LogP contribution in [0.5, 0.6) is 0 Å². The third-order valence-electron chi connectivity index (χ3n) is 5.73. The number of aromatic nitrogens is 3. The van der Waals surface area contributed by atoms with Gasteiger partial charge in [-0.15, -0.1) is 11.3 Å². The van der Waals surface area contributed by atoms with Crippen LogP contribution in [0.4, 0.5) is 5.69 Å². The smallest absolute Gasteiger partial charge is 0.269 e. The van der Waals surface area contributed by atoms with Crippen molar-refractivity contribution in [3.8, 4) is 0 Å². The van der Waals surface area contributed by atoms with Crippen molar-refractivity contribution in [1.82, 2.24) is 19.7 Å². The van der Waals surface area contributed by atoms with Crippen molar-refractivity contribution in [2.45, 2.75) is 58.2 Å². The Morgan fingerprint density at radius 3 is 2.83 bits per heavy atom. The van der Waals surface area contributed by atoms with Gasteiger partial charge in [0.15, 0.2) is 0 Å². The number of piperidine rings is 1. The Hall–Kier alpha value is -1.77. The molecule has 0 amide bonds. The number of anilines is 1. The highest BCUT2D eigenvalue weighted by Crippen LogP contribution is 2.25. The highest BCUT2D eigenvalue weighted by Gasteiger charge is 2.25. The van der Waals surface area contributed by atoms with E-state index in [1.807, 2.05) is 22.4 Å². The van der Waals surface area contributed by atoms with Crippen molar-refractivity contribution in [1.29, 1.82) is 0 Å². The van der Waals surface area contributed by atoms with Crippen LogP contribution in [0, 0.1) is 5.92 Å². The second-order valence-electron chi connectivity index (χ2n) is 8.73. The van der Waals surface area contributed by atoms with E-state index in [0.29, 0.717) is 12.5 Å². The minimum Gasteiger partial charge on any atom is -0.391 e. The van der Waals surface area contributed by atoms with Gasteiger partial charge in [-0.2, -0.15) is 5.10 Å². The second-order valence-corrected chi connectivity index (χ2v) is 9.93. The first kappa shape index (κ1) is 20.5. The summed E-state index contributed by atoms with van der Waals surface area (Å²) in [6, 6.07) is 1.78. The zero-order chi connectivity index (χ0) is 20.4. The second kappa shape index (κ2) is 8.93. The number of aliphatic hydroxyl groups excluding tert-OH is 1. The van der Waals surface area contributed by atoms with Gasteiger partial charge in [0.2, 0.25) is 0 Å². The number of hydrogen-bond acceptors (Lipinski definition) is 7. The van der Waals surface area contributed by atoms with Gasteiger partial charge in [-0.1, -0.05) is 13.8 Å². The van der Waals surface area contributed by atoms with E-state index in [-0.39, 0.29) is 17.7 Å². The van der Waals surface area contributed by atoms with Gasteiger partial charge in [-0.25, -0.2) is 9.67 Å². The summed E-state index contributed by atoms with van der Waals surface area (Å²) in [6.45, 7) is 8.58. The Balaban J connectivity index is 1.40. The minimum absolute atomic E-state index is 0.0484. The van der Waals surface area contributed by atoms with E-state index in [9.17, 15) is 9.90 Å². The van der Waals surface area contributed by atoms with E-state index in [1.165, 1.54) is 9.88 Å². The van der Waals surface area contributed by atoms with Gasteiger partial charge in [0.25, 0.3) is 5.56 Å². The Labute approximate surface area is 176 Å². The number of thiazole rings is 1. The van der Waals surface area contributed by atoms with Gasteiger partial charge in [0, 0.05) is 49.7 Å². The van der Waals surface area contributed by atoms with Crippen LogP contribution in [0.1, 0.15) is 49.0 Å². The molecule has 1 N–H and O–H groups in total. The fourth-order valence-electron chi connectivity index (χ4n) is 4.29. The van der Waals surface area contributed by atoms with Crippen molar-refractivity contribution < 1.29 is 5.11 Å². The molecule has 0 spiro atoms. The zero-order valence-corrected chi connectivity index (χ0v) is 18.1. The average Bonchev–Trinajstić information content (AvgIpc) is 3.30. The van der Waals surface area contributed by atoms with E-state index in [1.54, 1.807) is 16.9 Å². The molecule has 0 bridgehead atoms. The van der Waals surface area contributed by atoms with Crippen molar-refractivity contribution in [3.63, 3.8) is 0 Å². The summed E-state index contributed by atoms with van der Waals surface area (Å²) >= 11 is 1.81. The van der Waals surface area contributed by atoms with E-state index in [4.69, 9.17) is 0 Å². The molecule has 4 heterocycles. The third kappa shape index (κ3) is 5.05. The molecule has 2 aliphatic heterocycles. The van der Waals surface area contributed by atoms with Gasteiger partial charge >= 0.3 is 0 Å². The fourth-order valence-corrected chi connectivity index (χ4v) is 5.47. The number of hydrogen-bond donors (Lipinski definition) is 1. The average molecular weight is 418 g/mol. The van der Waals surface area contributed by atoms with Gasteiger partial charge in [-0.05, 0) is 31.7 Å². The standard InChI is InChI=1S/C21H31N5O2S/c1-15(2)8-20-22-11-19(29-20)14-24-6-3-4-16(12-24)26-21(28)9-17(10-23-26)25-7-5-18(27)13-25/h9-11,15-16,18,27H,3-8,12-14H2,1-2H3/t16?,18-/m0/s1. The lowest BCUT2D eigenvalue weighted by molar-refractivity contribution is 0.161. The van der Waals surface area contributed by atoms with Crippen LogP contribution in [0.25, 0.3) is 0 Å². The summed E-state index contributed by atoms with van der Waals surface area (Å²) in [5, 5.41) is 15.4. The van der Waals surface area contributed by atoms with Crippen molar-refractivity contribution in [2.24, 2.45) is 5.92 Å². The summed E-state index contributed by atoms with van der Waals surface area (Å²) in [6.07, 6.45) is 7.31. The zero-order valence-electron chi connectivity index (χ0n) is 17.3. The molecule has 158 valence electrons. The molecule has 2 aliphatic rings. The number of nitrogens with zero attached hydrogens (tertiary/aromatic N) is 5. The van der Waals surface area contributed by atoms with Crippen LogP contribution in [-0.2, 0) is 13.0 Å². The number of aliphatic hydroxyl groups is 1. The van der Waals surface area contributed by atoms with Gasteiger partial charge in [0.05, 0.1) is 29.0 Å². The number of rotatable bonds is 6. The van der Waals surface area contributed by atoms with Crippen LogP contribution in [0.3, 0.4) is 0 Å². The van der Waals surface area contributed by atoms with Gasteiger partial charge < -0.3 is 10.0 Å². The molecule has 7 nitrogen and oxygen atoms in total. The maximum Gasteiger partial charge on any atom is 0.269 e. The highest BCUT2D eigenvalue weighted by molar-refractivity contribution is 7.11. The Morgan fingerprint density at radius 2 is 2.10 bits per heavy atom. The first-order chi connectivity index (χ1) is 14.0. The molecule has 2 atom stereocenters. The predicted molar refractivity (Wildman–Crippen MR) is 116 cm³/mol. The van der Waals surface area contributed by atoms with E-state index >= 15 is 0 Å². The molecule has 0 aliphatic carbocycles. The summed E-state index contributed by atoms with van der Waals surface area (Å²) in [7, 11) is 0. The Kier molecular flexibility index (Phi) is 6.32. The molecule has 29 heavy (non-hydrogen) atoms. The molecule has 2 fully saturated rings. The molecule has 0 saturated carbocycles. The lowest BCUT2D eigenvalue weighted by atomic mass is 10.1. The summed E-state index contributed by atoms with van der Waals surface area (Å²) in [5.74, 6) is 0.623. The van der Waals surface area contributed by atoms with Crippen molar-refractivity contribution >= 4 is 17.0 Å². The number of β-amino-alcohol motifs (C(OH)–C–C–N with tert-alkyl or cyclic N) is 1. The SMILES string of the molecule is CC(C)Cc1ncc(CN2CCCC(n3ncc(N4CC[C@H](O)C4)cc3=O)C2)s1. The molecule has 2 aromatic rings. The maximum absolute atomic E-state index is 12.7. The first-order valence-electron chi connectivity index (χ1n) is 10.7. The van der Waals surface area contributed by atoms with Crippen molar-refractivity contribution in [2.75, 3.05) is 31.1 Å². The molecule has 1 unspecified atom stereocenters. The Morgan fingerprint density at radius 1 is 1.24 bits per heavy atom. The van der Waals surface area contributed by atoms with E-state index < -0.39 is 0 Å². The van der Waals surface area contributed by atoms with E-state index in [0.717, 1.165) is 57.5 Å². The molecule has 2 aromatic heterocycles. The van der Waals surface area contributed by atoms with E-state index in [2.05, 4.69) is 28.8 Å². The molecule has 4 rings (SSSR count). The predicted octanol–water partition coefficient (Wildman–Crippen LogP) is 2.31. The van der Waals surface area contributed by atoms with Crippen molar-refractivity contribution in [3.05, 3.63) is 38.7 Å². The van der Waals surface area contributed by atoms with Crippen LogP contribution in [-0.4, -0.2) is 57.1 Å². The first-order valence-corrected chi connectivity index (χ1v) is 11.5. The van der Waals surface area contributed by atoms with Crippen LogP contribution in [0.15, 0.2) is 23.3 Å². The molecule has 0 aromatic carbocycles. The minimum atomic E-state index is -0.308. The van der Waals surface area contributed by atoms with Gasteiger partial charge in [-0.3, -0.25) is 9.69 Å². The van der Waals surface area contributed by atoms with Crippen LogP contribution >= 0.6 is 11.3 Å². The molecule has 2 saturated heterocycles. The summed E-state index contributed by atoms with van der Waals surface area (Å²) in [5.41, 5.74) is 0.769. The molecular formula is C21H31N5O2S. The third-order valence-corrected chi connectivity index (χ3v) is 6.73. The lowest BCUT2D eigenvalue weighted by Crippen LogP contribution is -2.40. The Bertz CT molecular complexity index is 880. The molecule has 8 heteroatoms. The summed E-state index contributed by atoms with van der Waals surface area (Å²) in [4.78, 5) is 23.1. The van der Waals surface area contributed by atoms with Crippen LogP contribution < -0.4 is 10.5 Å². The normalized spacial score (nSPS) is 23.2. The molecular weight excluding hydrogens is 386 g/mol. The summed E-state index contributed by atoms with van der Waals surface area (Å²) < 4.78 is 1.65. The number of likely N-dealkylation sites (tertiary alicyclic amines) is 1. The largest absolute Gasteiger partial charge is 0.391 e. The topological polar surface area (TPSA) is 74.5 Å².